The minimum Gasteiger partial charge on any atom is -0.491 e. The molecule has 8 nitrogen and oxygen atoms in total. The van der Waals surface area contributed by atoms with E-state index in [4.69, 9.17) is 9.47 Å². The van der Waals surface area contributed by atoms with Crippen molar-refractivity contribution in [1.82, 2.24) is 15.3 Å². The van der Waals surface area contributed by atoms with Crippen LogP contribution in [0.1, 0.15) is 45.4 Å². The molecule has 0 radical (unpaired) electrons. The van der Waals surface area contributed by atoms with Crippen LogP contribution in [-0.4, -0.2) is 41.4 Å². The van der Waals surface area contributed by atoms with E-state index in [9.17, 15) is 27.2 Å². The topological polar surface area (TPSA) is 103 Å². The van der Waals surface area contributed by atoms with Gasteiger partial charge < -0.3 is 24.5 Å². The summed E-state index contributed by atoms with van der Waals surface area (Å²) in [5.41, 5.74) is -0.956. The number of fused-ring (bicyclic) bond motifs is 1. The van der Waals surface area contributed by atoms with Gasteiger partial charge in [0.25, 0.3) is 5.91 Å². The molecule has 4 rings (SSSR count). The quantitative estimate of drug-likeness (QED) is 0.396. The number of esters is 1. The highest BCUT2D eigenvalue weighted by Gasteiger charge is 2.43. The molecule has 1 aliphatic rings. The third kappa shape index (κ3) is 4.91. The Bertz CT molecular complexity index is 1260. The molecule has 0 fully saturated rings. The number of nitrogens with zero attached hydrogens (tertiary/aromatic N) is 1. The molecule has 1 aromatic carbocycles. The van der Waals surface area contributed by atoms with Crippen molar-refractivity contribution in [3.05, 3.63) is 77.1 Å². The van der Waals surface area contributed by atoms with Crippen molar-refractivity contribution >= 4 is 11.9 Å². The molecule has 3 aromatic rings. The molecule has 0 saturated carbocycles. The van der Waals surface area contributed by atoms with Crippen LogP contribution in [-0.2, 0) is 10.3 Å². The van der Waals surface area contributed by atoms with Crippen LogP contribution in [0.3, 0.4) is 0 Å². The standard InChI is InChI=1S/C23H19F4N3O5/c1-2-33-21(32)16-10-13(12-29-16)20(31)30-22(7-9-34-18-4-3-8-28-19(18)22)14-5-6-17(15(24)11-14)35-23(25,26)27/h3-6,8,10-12,29H,2,7,9H2,1H3,(H,30,31). The summed E-state index contributed by atoms with van der Waals surface area (Å²) in [6, 6.07) is 7.41. The van der Waals surface area contributed by atoms with Crippen molar-refractivity contribution in [1.29, 1.82) is 0 Å². The molecule has 0 bridgehead atoms. The van der Waals surface area contributed by atoms with Crippen LogP contribution in [0.4, 0.5) is 17.6 Å². The number of hydrogen-bond donors (Lipinski definition) is 2. The maximum absolute atomic E-state index is 14.7. The molecule has 2 aromatic heterocycles. The van der Waals surface area contributed by atoms with E-state index in [1.807, 2.05) is 0 Å². The van der Waals surface area contributed by atoms with Gasteiger partial charge in [0.1, 0.15) is 22.7 Å². The normalized spacial score (nSPS) is 17.2. The molecular weight excluding hydrogens is 474 g/mol. The van der Waals surface area contributed by atoms with Crippen molar-refractivity contribution < 1.29 is 41.4 Å². The van der Waals surface area contributed by atoms with Gasteiger partial charge in [-0.05, 0) is 42.8 Å². The number of halogens is 4. The number of pyridine rings is 1. The van der Waals surface area contributed by atoms with Crippen LogP contribution in [0.15, 0.2) is 48.8 Å². The second kappa shape index (κ2) is 9.28. The Morgan fingerprint density at radius 2 is 2.06 bits per heavy atom. The SMILES string of the molecule is CCOC(=O)c1cc(C(=O)NC2(c3ccc(OC(F)(F)F)c(F)c3)CCOc3cccnc32)c[nH]1. The lowest BCUT2D eigenvalue weighted by Crippen LogP contribution is -2.50. The minimum absolute atomic E-state index is 0.0521. The molecule has 1 unspecified atom stereocenters. The number of hydrogen-bond acceptors (Lipinski definition) is 6. The molecule has 1 aliphatic heterocycles. The number of carbonyl (C=O) groups excluding carboxylic acids is 2. The van der Waals surface area contributed by atoms with Gasteiger partial charge in [-0.1, -0.05) is 6.07 Å². The van der Waals surface area contributed by atoms with E-state index in [0.717, 1.165) is 12.1 Å². The molecule has 35 heavy (non-hydrogen) atoms. The van der Waals surface area contributed by atoms with Crippen LogP contribution in [0.2, 0.25) is 0 Å². The third-order valence-corrected chi connectivity index (χ3v) is 5.33. The summed E-state index contributed by atoms with van der Waals surface area (Å²) in [6.45, 7) is 1.88. The highest BCUT2D eigenvalue weighted by Crippen LogP contribution is 2.42. The van der Waals surface area contributed by atoms with Crippen LogP contribution in [0.25, 0.3) is 0 Å². The van der Waals surface area contributed by atoms with Gasteiger partial charge in [0.15, 0.2) is 11.6 Å². The molecule has 0 spiro atoms. The molecule has 2 N–H and O–H groups in total. The number of H-pyrrole nitrogens is 1. The molecule has 12 heteroatoms. The van der Waals surface area contributed by atoms with Crippen LogP contribution in [0, 0.1) is 5.82 Å². The number of benzene rings is 1. The summed E-state index contributed by atoms with van der Waals surface area (Å²) in [5, 5.41) is 2.82. The largest absolute Gasteiger partial charge is 0.573 e. The average Bonchev–Trinajstić information content (AvgIpc) is 3.31. The number of aromatic nitrogens is 2. The second-order valence-electron chi connectivity index (χ2n) is 7.52. The Morgan fingerprint density at radius 3 is 2.77 bits per heavy atom. The third-order valence-electron chi connectivity index (χ3n) is 5.33. The zero-order valence-electron chi connectivity index (χ0n) is 18.2. The number of amides is 1. The lowest BCUT2D eigenvalue weighted by Gasteiger charge is -2.39. The monoisotopic (exact) mass is 493 g/mol. The average molecular weight is 493 g/mol. The predicted molar refractivity (Wildman–Crippen MR) is 112 cm³/mol. The predicted octanol–water partition coefficient (Wildman–Crippen LogP) is 4.08. The number of nitrogens with one attached hydrogen (secondary N) is 2. The summed E-state index contributed by atoms with van der Waals surface area (Å²) in [4.78, 5) is 32.1. The molecular formula is C23H19F4N3O5. The minimum atomic E-state index is -5.08. The van der Waals surface area contributed by atoms with Gasteiger partial charge in [0, 0.05) is 18.8 Å². The Hall–Kier alpha value is -4.09. The Labute approximate surface area is 196 Å². The number of carbonyl (C=O) groups is 2. The van der Waals surface area contributed by atoms with Crippen molar-refractivity contribution in [3.63, 3.8) is 0 Å². The molecule has 1 amide bonds. The number of ether oxygens (including phenoxy) is 3. The first-order valence-corrected chi connectivity index (χ1v) is 10.4. The van der Waals surface area contributed by atoms with Crippen molar-refractivity contribution in [2.45, 2.75) is 25.2 Å². The highest BCUT2D eigenvalue weighted by atomic mass is 19.4. The van der Waals surface area contributed by atoms with Gasteiger partial charge in [-0.25, -0.2) is 9.18 Å². The lowest BCUT2D eigenvalue weighted by molar-refractivity contribution is -0.275. The van der Waals surface area contributed by atoms with Crippen molar-refractivity contribution in [2.75, 3.05) is 13.2 Å². The van der Waals surface area contributed by atoms with Gasteiger partial charge in [0.2, 0.25) is 0 Å². The first-order valence-electron chi connectivity index (χ1n) is 10.4. The maximum atomic E-state index is 14.7. The highest BCUT2D eigenvalue weighted by molar-refractivity contribution is 5.98. The fourth-order valence-electron chi connectivity index (χ4n) is 3.83. The molecule has 184 valence electrons. The van der Waals surface area contributed by atoms with E-state index >= 15 is 0 Å². The molecule has 0 saturated heterocycles. The van der Waals surface area contributed by atoms with Gasteiger partial charge in [-0.2, -0.15) is 0 Å². The Balaban J connectivity index is 1.75. The van der Waals surface area contributed by atoms with Gasteiger partial charge in [-0.15, -0.1) is 13.2 Å². The fourth-order valence-corrected chi connectivity index (χ4v) is 3.83. The lowest BCUT2D eigenvalue weighted by atomic mass is 9.81. The number of aromatic amines is 1. The van der Waals surface area contributed by atoms with Crippen LogP contribution < -0.4 is 14.8 Å². The zero-order valence-corrected chi connectivity index (χ0v) is 18.2. The van der Waals surface area contributed by atoms with Crippen molar-refractivity contribution in [3.8, 4) is 11.5 Å². The van der Waals surface area contributed by atoms with E-state index in [1.54, 1.807) is 19.1 Å². The van der Waals surface area contributed by atoms with Crippen molar-refractivity contribution in [2.24, 2.45) is 0 Å². The zero-order chi connectivity index (χ0) is 25.2. The summed E-state index contributed by atoms with van der Waals surface area (Å²) in [5.74, 6) is -3.27. The molecule has 3 heterocycles. The van der Waals surface area contributed by atoms with E-state index in [2.05, 4.69) is 20.0 Å². The first-order chi connectivity index (χ1) is 16.6. The number of alkyl halides is 3. The van der Waals surface area contributed by atoms with E-state index in [0.29, 0.717) is 5.75 Å². The van der Waals surface area contributed by atoms with Crippen LogP contribution in [0.5, 0.6) is 11.5 Å². The van der Waals surface area contributed by atoms with Gasteiger partial charge >= 0.3 is 12.3 Å². The van der Waals surface area contributed by atoms with E-state index < -0.39 is 35.3 Å². The van der Waals surface area contributed by atoms with E-state index in [1.165, 1.54) is 24.5 Å². The summed E-state index contributed by atoms with van der Waals surface area (Å²) in [6.07, 6.45) is -2.24. The molecule has 1 atom stereocenters. The van der Waals surface area contributed by atoms with E-state index in [-0.39, 0.29) is 42.1 Å². The van der Waals surface area contributed by atoms with Crippen LogP contribution >= 0.6 is 0 Å². The summed E-state index contributed by atoms with van der Waals surface area (Å²) in [7, 11) is 0. The van der Waals surface area contributed by atoms with Gasteiger partial charge in [-0.3, -0.25) is 9.78 Å². The smallest absolute Gasteiger partial charge is 0.491 e. The summed E-state index contributed by atoms with van der Waals surface area (Å²) >= 11 is 0. The second-order valence-corrected chi connectivity index (χ2v) is 7.52. The molecule has 0 aliphatic carbocycles. The fraction of sp³-hybridized carbons (Fsp3) is 0.261. The first kappa shape index (κ1) is 24.0. The number of rotatable bonds is 6. The summed E-state index contributed by atoms with van der Waals surface area (Å²) < 4.78 is 66.7. The Kier molecular flexibility index (Phi) is 6.37. The Morgan fingerprint density at radius 1 is 1.26 bits per heavy atom. The maximum Gasteiger partial charge on any atom is 0.573 e. The van der Waals surface area contributed by atoms with Gasteiger partial charge in [0.05, 0.1) is 18.8 Å².